The van der Waals surface area contributed by atoms with Gasteiger partial charge < -0.3 is 15.4 Å². The van der Waals surface area contributed by atoms with Gasteiger partial charge in [-0.1, -0.05) is 0 Å². The standard InChI is InChI=1S/C7H10N4O3/c8-6(12)5-7(10-14-9-5)11-1-3-13-4-2-11/h1-4H2,(H2,8,12). The van der Waals surface area contributed by atoms with Crippen LogP contribution in [-0.4, -0.2) is 42.5 Å². The molecule has 1 saturated heterocycles. The quantitative estimate of drug-likeness (QED) is 0.655. The highest BCUT2D eigenvalue weighted by Gasteiger charge is 2.22. The van der Waals surface area contributed by atoms with E-state index in [0.29, 0.717) is 32.1 Å². The lowest BCUT2D eigenvalue weighted by Crippen LogP contribution is -2.37. The molecule has 76 valence electrons. The highest BCUT2D eigenvalue weighted by atomic mass is 16.6. The molecule has 7 nitrogen and oxygen atoms in total. The summed E-state index contributed by atoms with van der Waals surface area (Å²) in [6, 6.07) is 0. The first kappa shape index (κ1) is 8.95. The number of hydrogen-bond acceptors (Lipinski definition) is 6. The van der Waals surface area contributed by atoms with Crippen LogP contribution < -0.4 is 10.6 Å². The van der Waals surface area contributed by atoms with Gasteiger partial charge in [-0.3, -0.25) is 4.79 Å². The Kier molecular flexibility index (Phi) is 2.32. The second kappa shape index (κ2) is 3.62. The minimum absolute atomic E-state index is 0.0758. The van der Waals surface area contributed by atoms with E-state index >= 15 is 0 Å². The monoisotopic (exact) mass is 198 g/mol. The fraction of sp³-hybridized carbons (Fsp3) is 0.571. The SMILES string of the molecule is NC(=O)c1nonc1N1CCOCC1. The molecule has 7 heteroatoms. The second-order valence-corrected chi connectivity index (χ2v) is 2.90. The molecule has 1 aromatic heterocycles. The largest absolute Gasteiger partial charge is 0.378 e. The van der Waals surface area contributed by atoms with Gasteiger partial charge in [-0.15, -0.1) is 0 Å². The van der Waals surface area contributed by atoms with Crippen LogP contribution in [0.2, 0.25) is 0 Å². The summed E-state index contributed by atoms with van der Waals surface area (Å²) in [6.07, 6.45) is 0. The molecular formula is C7H10N4O3. The lowest BCUT2D eigenvalue weighted by molar-refractivity contribution is 0.0989. The summed E-state index contributed by atoms with van der Waals surface area (Å²) in [4.78, 5) is 12.8. The van der Waals surface area contributed by atoms with Crippen molar-refractivity contribution < 1.29 is 14.2 Å². The number of nitrogens with two attached hydrogens (primary N) is 1. The molecule has 0 atom stereocenters. The Morgan fingerprint density at radius 2 is 2.07 bits per heavy atom. The van der Waals surface area contributed by atoms with Crippen LogP contribution in [0.5, 0.6) is 0 Å². The number of nitrogens with zero attached hydrogens (tertiary/aromatic N) is 3. The molecule has 0 saturated carbocycles. The molecule has 1 aliphatic heterocycles. The lowest BCUT2D eigenvalue weighted by atomic mass is 10.3. The number of morpholine rings is 1. The molecule has 2 rings (SSSR count). The Morgan fingerprint density at radius 3 is 2.71 bits per heavy atom. The van der Waals surface area contributed by atoms with E-state index in [1.807, 2.05) is 4.90 Å². The van der Waals surface area contributed by atoms with E-state index in [0.717, 1.165) is 0 Å². The maximum absolute atomic E-state index is 10.9. The Bertz CT molecular complexity index is 331. The van der Waals surface area contributed by atoms with Crippen LogP contribution in [-0.2, 0) is 4.74 Å². The van der Waals surface area contributed by atoms with E-state index in [1.54, 1.807) is 0 Å². The van der Waals surface area contributed by atoms with E-state index in [9.17, 15) is 4.79 Å². The van der Waals surface area contributed by atoms with Gasteiger partial charge in [0.15, 0.2) is 0 Å². The number of amides is 1. The van der Waals surface area contributed by atoms with Gasteiger partial charge in [-0.2, -0.15) is 0 Å². The van der Waals surface area contributed by atoms with Gasteiger partial charge in [0, 0.05) is 13.1 Å². The molecule has 1 aromatic rings. The van der Waals surface area contributed by atoms with Gasteiger partial charge in [0.2, 0.25) is 11.5 Å². The van der Waals surface area contributed by atoms with Crippen molar-refractivity contribution in [1.82, 2.24) is 10.3 Å². The van der Waals surface area contributed by atoms with Gasteiger partial charge in [-0.05, 0) is 10.3 Å². The molecule has 0 radical (unpaired) electrons. The number of rotatable bonds is 2. The highest BCUT2D eigenvalue weighted by Crippen LogP contribution is 2.16. The van der Waals surface area contributed by atoms with Crippen LogP contribution >= 0.6 is 0 Å². The van der Waals surface area contributed by atoms with Gasteiger partial charge in [0.25, 0.3) is 5.91 Å². The van der Waals surface area contributed by atoms with Crippen LogP contribution in [0.3, 0.4) is 0 Å². The van der Waals surface area contributed by atoms with Gasteiger partial charge in [-0.25, -0.2) is 4.63 Å². The fourth-order valence-electron chi connectivity index (χ4n) is 1.32. The first-order chi connectivity index (χ1) is 6.79. The minimum Gasteiger partial charge on any atom is -0.378 e. The number of carbonyl (C=O) groups is 1. The van der Waals surface area contributed by atoms with Crippen molar-refractivity contribution in [2.45, 2.75) is 0 Å². The molecule has 1 aliphatic rings. The summed E-state index contributed by atoms with van der Waals surface area (Å²) >= 11 is 0. The number of ether oxygens (including phenoxy) is 1. The molecule has 0 aromatic carbocycles. The molecule has 14 heavy (non-hydrogen) atoms. The number of carbonyl (C=O) groups excluding carboxylic acids is 1. The van der Waals surface area contributed by atoms with E-state index in [2.05, 4.69) is 14.9 Å². The lowest BCUT2D eigenvalue weighted by Gasteiger charge is -2.25. The molecule has 0 aliphatic carbocycles. The number of aromatic nitrogens is 2. The predicted molar refractivity (Wildman–Crippen MR) is 45.8 cm³/mol. The van der Waals surface area contributed by atoms with Crippen molar-refractivity contribution in [1.29, 1.82) is 0 Å². The molecule has 0 spiro atoms. The minimum atomic E-state index is -0.632. The summed E-state index contributed by atoms with van der Waals surface area (Å²) in [7, 11) is 0. The van der Waals surface area contributed by atoms with Crippen molar-refractivity contribution in [2.24, 2.45) is 5.73 Å². The van der Waals surface area contributed by atoms with Crippen LogP contribution in [0.25, 0.3) is 0 Å². The van der Waals surface area contributed by atoms with Crippen LogP contribution in [0.4, 0.5) is 5.82 Å². The van der Waals surface area contributed by atoms with Gasteiger partial charge in [0.05, 0.1) is 13.2 Å². The summed E-state index contributed by atoms with van der Waals surface area (Å²) in [5, 5.41) is 7.09. The smallest absolute Gasteiger partial charge is 0.274 e. The maximum Gasteiger partial charge on any atom is 0.274 e. The zero-order chi connectivity index (χ0) is 9.97. The number of anilines is 1. The molecule has 1 fully saturated rings. The van der Waals surface area contributed by atoms with Crippen molar-refractivity contribution >= 4 is 11.7 Å². The van der Waals surface area contributed by atoms with Crippen molar-refractivity contribution in [2.75, 3.05) is 31.2 Å². The third kappa shape index (κ3) is 1.53. The van der Waals surface area contributed by atoms with Crippen molar-refractivity contribution in [3.63, 3.8) is 0 Å². The Morgan fingerprint density at radius 1 is 1.36 bits per heavy atom. The normalized spacial score (nSPS) is 17.0. The first-order valence-corrected chi connectivity index (χ1v) is 4.24. The van der Waals surface area contributed by atoms with Gasteiger partial charge >= 0.3 is 0 Å². The Hall–Kier alpha value is -1.63. The van der Waals surface area contributed by atoms with Crippen LogP contribution in [0.15, 0.2) is 4.63 Å². The predicted octanol–water partition coefficient (Wildman–Crippen LogP) is -0.995. The van der Waals surface area contributed by atoms with E-state index in [-0.39, 0.29) is 5.69 Å². The summed E-state index contributed by atoms with van der Waals surface area (Å²) in [6.45, 7) is 2.53. The average molecular weight is 198 g/mol. The molecule has 1 amide bonds. The third-order valence-electron chi connectivity index (χ3n) is 2.02. The van der Waals surface area contributed by atoms with Gasteiger partial charge in [0.1, 0.15) is 0 Å². The van der Waals surface area contributed by atoms with Crippen molar-refractivity contribution in [3.8, 4) is 0 Å². The van der Waals surface area contributed by atoms with E-state index < -0.39 is 5.91 Å². The molecular weight excluding hydrogens is 188 g/mol. The zero-order valence-corrected chi connectivity index (χ0v) is 7.47. The molecule has 0 unspecified atom stereocenters. The van der Waals surface area contributed by atoms with Crippen LogP contribution in [0.1, 0.15) is 10.5 Å². The van der Waals surface area contributed by atoms with Crippen molar-refractivity contribution in [3.05, 3.63) is 5.69 Å². The summed E-state index contributed by atoms with van der Waals surface area (Å²) in [5.74, 6) is -0.228. The fourth-order valence-corrected chi connectivity index (χ4v) is 1.32. The average Bonchev–Trinajstić information content (AvgIpc) is 2.67. The number of hydrogen-bond donors (Lipinski definition) is 1. The third-order valence-corrected chi connectivity index (χ3v) is 2.02. The maximum atomic E-state index is 10.9. The second-order valence-electron chi connectivity index (χ2n) is 2.90. The molecule has 2 heterocycles. The zero-order valence-electron chi connectivity index (χ0n) is 7.47. The van der Waals surface area contributed by atoms with E-state index in [1.165, 1.54) is 0 Å². The Balaban J connectivity index is 2.21. The Labute approximate surface area is 79.8 Å². The van der Waals surface area contributed by atoms with Crippen LogP contribution in [0, 0.1) is 0 Å². The topological polar surface area (TPSA) is 94.5 Å². The summed E-state index contributed by atoms with van der Waals surface area (Å²) in [5.41, 5.74) is 5.18. The summed E-state index contributed by atoms with van der Waals surface area (Å²) < 4.78 is 9.64. The highest BCUT2D eigenvalue weighted by molar-refractivity contribution is 5.95. The molecule has 0 bridgehead atoms. The number of primary amides is 1. The first-order valence-electron chi connectivity index (χ1n) is 4.24. The molecule has 2 N–H and O–H groups in total. The van der Waals surface area contributed by atoms with E-state index in [4.69, 9.17) is 10.5 Å².